The molecule has 0 saturated carbocycles. The van der Waals surface area contributed by atoms with Crippen molar-refractivity contribution in [2.75, 3.05) is 0 Å². The zero-order chi connectivity index (χ0) is 22.0. The predicted molar refractivity (Wildman–Crippen MR) is 131 cm³/mol. The maximum absolute atomic E-state index is 4.17. The maximum atomic E-state index is 4.17. The van der Waals surface area contributed by atoms with Crippen molar-refractivity contribution in [1.82, 2.24) is 56.5 Å². The van der Waals surface area contributed by atoms with Crippen LogP contribution in [0.2, 0.25) is 0 Å². The molecule has 2 aliphatic rings. The molecule has 2 aliphatic carbocycles. The number of fused-ring (bicyclic) bond motifs is 2. The molecule has 1 aromatic carbocycles. The van der Waals surface area contributed by atoms with Gasteiger partial charge in [-0.25, -0.2) is 0 Å². The molecule has 0 radical (unpaired) electrons. The van der Waals surface area contributed by atoms with Gasteiger partial charge in [0.1, 0.15) is 5.69 Å². The first-order chi connectivity index (χ1) is 16.4. The quantitative estimate of drug-likeness (QED) is 0.189. The molecule has 0 bridgehead atoms. The summed E-state index contributed by atoms with van der Waals surface area (Å²) in [7, 11) is 0. The highest BCUT2D eigenvalue weighted by Crippen LogP contribution is 2.28. The van der Waals surface area contributed by atoms with E-state index in [1.54, 1.807) is 0 Å². The third-order valence-electron chi connectivity index (χ3n) is 6.18. The number of halogens is 1. The number of benzene rings is 1. The van der Waals surface area contributed by atoms with Gasteiger partial charge in [-0.3, -0.25) is 5.10 Å². The topological polar surface area (TPSA) is 157 Å². The van der Waals surface area contributed by atoms with Gasteiger partial charge in [0.2, 0.25) is 17.3 Å². The second-order valence-electron chi connectivity index (χ2n) is 8.19. The number of aromatic nitrogens is 12. The van der Waals surface area contributed by atoms with Crippen LogP contribution >= 0.6 is 24.0 Å². The van der Waals surface area contributed by atoms with Gasteiger partial charge in [-0.05, 0) is 42.5 Å². The molecule has 34 heavy (non-hydrogen) atoms. The number of tetrazole rings is 2. The summed E-state index contributed by atoms with van der Waals surface area (Å²) in [6.45, 7) is 0.848. The van der Waals surface area contributed by atoms with Crippen molar-refractivity contribution in [2.24, 2.45) is 0 Å². The average Bonchev–Trinajstić information content (AvgIpc) is 3.66. The summed E-state index contributed by atoms with van der Waals surface area (Å²) < 4.78 is 2.21. The highest BCUT2D eigenvalue weighted by atomic mass is 127. The maximum Gasteiger partial charge on any atom is 0.226 e. The van der Waals surface area contributed by atoms with Crippen molar-refractivity contribution in [3.8, 4) is 23.0 Å². The van der Waals surface area contributed by atoms with Gasteiger partial charge < -0.3 is 0 Å². The normalized spacial score (nSPS) is 13.6. The number of H-pyrrole nitrogens is 4. The van der Waals surface area contributed by atoms with E-state index in [0.29, 0.717) is 11.6 Å². The summed E-state index contributed by atoms with van der Waals surface area (Å²) in [5.74, 6) is 1.23. The minimum atomic E-state index is 0. The molecule has 0 saturated heterocycles. The molecule has 0 atom stereocenters. The van der Waals surface area contributed by atoms with Gasteiger partial charge in [0, 0.05) is 23.2 Å². The van der Waals surface area contributed by atoms with Crippen molar-refractivity contribution in [2.45, 2.75) is 45.1 Å². The van der Waals surface area contributed by atoms with E-state index in [9.17, 15) is 0 Å². The molecule has 0 amide bonds. The van der Waals surface area contributed by atoms with Gasteiger partial charge >= 0.3 is 0 Å². The van der Waals surface area contributed by atoms with E-state index in [0.717, 1.165) is 43.6 Å². The summed E-state index contributed by atoms with van der Waals surface area (Å²) in [5, 5.41) is 38.7. The SMILES string of the molecule is C1Cc2[nH]nc(-c3nn[nH]n3)c2C1.I.c1ccc(C[n+]2[nH]c(-c3nn[nH]n3)c3c2CCC3)cc1. The van der Waals surface area contributed by atoms with Crippen molar-refractivity contribution < 1.29 is 4.68 Å². The second-order valence-corrected chi connectivity index (χ2v) is 8.19. The standard InChI is InChI=1S/C14H14N6.C7H8N6.HI/c1-2-5-10(6-3-1)9-20-12-8-4-7-11(12)13(17-20)14-15-18-19-16-14;1-2-4-5(3-1)8-9-6(4)7-10-12-13-11-7;/h1-3,5-6H,4,7-9H2,(H,15,16,17,18,19);1-3H2,(H,8,9)(H,10,11,12,13);1H/p+1. The molecule has 4 heterocycles. The molecule has 0 unspecified atom stereocenters. The fourth-order valence-corrected chi connectivity index (χ4v) is 4.68. The van der Waals surface area contributed by atoms with Gasteiger partial charge in [-0.15, -0.1) is 49.1 Å². The Bertz CT molecular complexity index is 1340. The fourth-order valence-electron chi connectivity index (χ4n) is 4.68. The lowest BCUT2D eigenvalue weighted by atomic mass is 10.2. The number of aromatic amines is 4. The van der Waals surface area contributed by atoms with Gasteiger partial charge in [-0.1, -0.05) is 30.3 Å². The van der Waals surface area contributed by atoms with Gasteiger partial charge in [0.05, 0.1) is 5.56 Å². The number of hydrogen-bond donors (Lipinski definition) is 4. The Morgan fingerprint density at radius 3 is 2.29 bits per heavy atom. The van der Waals surface area contributed by atoms with Crippen LogP contribution < -0.4 is 4.68 Å². The van der Waals surface area contributed by atoms with E-state index < -0.39 is 0 Å². The van der Waals surface area contributed by atoms with Crippen LogP contribution in [-0.2, 0) is 32.2 Å². The largest absolute Gasteiger partial charge is 0.282 e. The summed E-state index contributed by atoms with van der Waals surface area (Å²) in [4.78, 5) is 0. The van der Waals surface area contributed by atoms with Crippen molar-refractivity contribution in [3.63, 3.8) is 0 Å². The second kappa shape index (κ2) is 9.79. The Balaban J connectivity index is 0.000000149. The average molecular weight is 571 g/mol. The summed E-state index contributed by atoms with van der Waals surface area (Å²) in [6, 6.07) is 10.5. The minimum absolute atomic E-state index is 0. The van der Waals surface area contributed by atoms with Crippen LogP contribution in [0.15, 0.2) is 30.3 Å². The van der Waals surface area contributed by atoms with Gasteiger partial charge in [0.15, 0.2) is 12.2 Å². The van der Waals surface area contributed by atoms with Crippen LogP contribution in [0.4, 0.5) is 0 Å². The number of rotatable bonds is 4. The molecule has 4 N–H and O–H groups in total. The van der Waals surface area contributed by atoms with E-state index in [1.807, 2.05) is 6.07 Å². The first-order valence-electron chi connectivity index (χ1n) is 11.1. The highest BCUT2D eigenvalue weighted by Gasteiger charge is 2.31. The van der Waals surface area contributed by atoms with E-state index in [-0.39, 0.29) is 24.0 Å². The number of nitrogens with zero attached hydrogens (tertiary/aromatic N) is 8. The smallest absolute Gasteiger partial charge is 0.226 e. The Hall–Kier alpha value is -3.49. The number of hydrogen-bond acceptors (Lipinski definition) is 7. The molecule has 0 spiro atoms. The lowest BCUT2D eigenvalue weighted by Crippen LogP contribution is -2.39. The molecular formula is C21H24IN12+. The Kier molecular flexibility index (Phi) is 6.42. The van der Waals surface area contributed by atoms with Gasteiger partial charge in [-0.2, -0.15) is 20.6 Å². The van der Waals surface area contributed by atoms with E-state index in [2.05, 4.69) is 85.5 Å². The Morgan fingerprint density at radius 2 is 1.53 bits per heavy atom. The van der Waals surface area contributed by atoms with Crippen molar-refractivity contribution in [3.05, 3.63) is 58.4 Å². The lowest BCUT2D eigenvalue weighted by molar-refractivity contribution is -0.747. The molecule has 7 rings (SSSR count). The molecule has 5 aromatic rings. The zero-order valence-electron chi connectivity index (χ0n) is 18.3. The van der Waals surface area contributed by atoms with Gasteiger partial charge in [0.25, 0.3) is 0 Å². The van der Waals surface area contributed by atoms with Crippen molar-refractivity contribution >= 4 is 24.0 Å². The minimum Gasteiger partial charge on any atom is -0.282 e. The van der Waals surface area contributed by atoms with Crippen LogP contribution in [-0.4, -0.2) is 56.5 Å². The van der Waals surface area contributed by atoms with Crippen molar-refractivity contribution in [1.29, 1.82) is 0 Å². The molecule has 13 heteroatoms. The predicted octanol–water partition coefficient (Wildman–Crippen LogP) is 1.72. The van der Waals surface area contributed by atoms with Crippen LogP contribution in [0, 0.1) is 0 Å². The highest BCUT2D eigenvalue weighted by molar-refractivity contribution is 14.0. The number of nitrogens with one attached hydrogen (secondary N) is 4. The monoisotopic (exact) mass is 571 g/mol. The van der Waals surface area contributed by atoms with Crippen LogP contribution in [0.3, 0.4) is 0 Å². The van der Waals surface area contributed by atoms with E-state index in [1.165, 1.54) is 40.9 Å². The molecule has 12 nitrogen and oxygen atoms in total. The summed E-state index contributed by atoms with van der Waals surface area (Å²) >= 11 is 0. The first-order valence-corrected chi connectivity index (χ1v) is 11.1. The molecular weight excluding hydrogens is 547 g/mol. The number of aryl methyl sites for hydroxylation is 1. The Labute approximate surface area is 211 Å². The van der Waals surface area contributed by atoms with Crippen LogP contribution in [0.1, 0.15) is 40.9 Å². The molecule has 0 aliphatic heterocycles. The third kappa shape index (κ3) is 4.22. The fraction of sp³-hybridized carbons (Fsp3) is 0.333. The lowest BCUT2D eigenvalue weighted by Gasteiger charge is -1.96. The van der Waals surface area contributed by atoms with Crippen LogP contribution in [0.5, 0.6) is 0 Å². The third-order valence-corrected chi connectivity index (χ3v) is 6.18. The Morgan fingerprint density at radius 1 is 0.794 bits per heavy atom. The molecule has 4 aromatic heterocycles. The summed E-state index contributed by atoms with van der Waals surface area (Å²) in [6.07, 6.45) is 6.72. The van der Waals surface area contributed by atoms with E-state index >= 15 is 0 Å². The molecule has 0 fully saturated rings. The van der Waals surface area contributed by atoms with Crippen LogP contribution in [0.25, 0.3) is 23.0 Å². The molecule has 174 valence electrons. The van der Waals surface area contributed by atoms with E-state index in [4.69, 9.17) is 0 Å². The summed E-state index contributed by atoms with van der Waals surface area (Å²) in [5.41, 5.74) is 8.31. The zero-order valence-corrected chi connectivity index (χ0v) is 20.7. The first kappa shape index (κ1) is 22.3.